The molecule has 0 saturated carbocycles. The van der Waals surface area contributed by atoms with Gasteiger partial charge in [0.05, 0.1) is 18.9 Å². The summed E-state index contributed by atoms with van der Waals surface area (Å²) in [7, 11) is 1.25. The van der Waals surface area contributed by atoms with Crippen LogP contribution in [-0.2, 0) is 6.54 Å². The summed E-state index contributed by atoms with van der Waals surface area (Å²) in [6.45, 7) is -0.163. The summed E-state index contributed by atoms with van der Waals surface area (Å²) in [5, 5.41) is 6.31. The molecule has 0 atom stereocenters. The van der Waals surface area contributed by atoms with E-state index in [1.807, 2.05) is 0 Å². The number of carbonyl (C=O) groups is 1. The summed E-state index contributed by atoms with van der Waals surface area (Å²) >= 11 is 0. The zero-order chi connectivity index (χ0) is 20.3. The van der Waals surface area contributed by atoms with Gasteiger partial charge in [0.15, 0.2) is 17.3 Å². The summed E-state index contributed by atoms with van der Waals surface area (Å²) in [6.07, 6.45) is 0. The second-order valence-corrected chi connectivity index (χ2v) is 5.68. The van der Waals surface area contributed by atoms with Crippen LogP contribution < -0.4 is 15.5 Å². The third-order valence-corrected chi connectivity index (χ3v) is 3.87. The first-order valence-electron chi connectivity index (χ1n) is 8.06. The number of ether oxygens (including phenoxy) is 1. The molecule has 1 heterocycles. The van der Waals surface area contributed by atoms with Crippen LogP contribution in [0.25, 0.3) is 5.69 Å². The van der Waals surface area contributed by atoms with E-state index < -0.39 is 34.5 Å². The molecule has 0 radical (unpaired) electrons. The summed E-state index contributed by atoms with van der Waals surface area (Å²) in [4.78, 5) is 24.6. The number of nitrogens with zero attached hydrogens (tertiary/aromatic N) is 2. The number of aromatic nitrogens is 2. The zero-order valence-corrected chi connectivity index (χ0v) is 14.6. The topological polar surface area (TPSA) is 73.2 Å². The van der Waals surface area contributed by atoms with Crippen molar-refractivity contribution in [2.24, 2.45) is 0 Å². The van der Waals surface area contributed by atoms with Crippen molar-refractivity contribution in [3.63, 3.8) is 0 Å². The van der Waals surface area contributed by atoms with Crippen molar-refractivity contribution < 1.29 is 22.7 Å². The molecule has 1 amide bonds. The Hall–Kier alpha value is -3.62. The van der Waals surface area contributed by atoms with Gasteiger partial charge in [0.1, 0.15) is 5.82 Å². The lowest BCUT2D eigenvalue weighted by atomic mass is 10.2. The molecule has 3 aromatic rings. The molecule has 0 bridgehead atoms. The third kappa shape index (κ3) is 3.88. The Morgan fingerprint density at radius 2 is 1.82 bits per heavy atom. The Kier molecular flexibility index (Phi) is 5.44. The van der Waals surface area contributed by atoms with Gasteiger partial charge in [-0.05, 0) is 18.2 Å². The van der Waals surface area contributed by atoms with Gasteiger partial charge in [-0.2, -0.15) is 5.10 Å². The lowest BCUT2D eigenvalue weighted by Gasteiger charge is -2.13. The molecule has 144 valence electrons. The highest BCUT2D eigenvalue weighted by Crippen LogP contribution is 2.17. The monoisotopic (exact) mass is 389 g/mol. The molecule has 9 heteroatoms. The van der Waals surface area contributed by atoms with Gasteiger partial charge in [-0.25, -0.2) is 17.9 Å². The third-order valence-electron chi connectivity index (χ3n) is 3.87. The molecular weight excluding hydrogens is 375 g/mol. The average molecular weight is 389 g/mol. The number of methoxy groups -OCH3 is 1. The van der Waals surface area contributed by atoms with Crippen molar-refractivity contribution in [2.75, 3.05) is 7.11 Å². The zero-order valence-electron chi connectivity index (χ0n) is 14.6. The van der Waals surface area contributed by atoms with Crippen LogP contribution in [0.15, 0.2) is 53.3 Å². The Bertz CT molecular complexity index is 1100. The first-order valence-corrected chi connectivity index (χ1v) is 8.06. The highest BCUT2D eigenvalue weighted by molar-refractivity contribution is 5.92. The predicted octanol–water partition coefficient (Wildman–Crippen LogP) is 2.59. The van der Waals surface area contributed by atoms with Crippen LogP contribution in [0, 0.1) is 17.5 Å². The van der Waals surface area contributed by atoms with Crippen molar-refractivity contribution in [1.29, 1.82) is 0 Å². The molecule has 0 aliphatic carbocycles. The molecule has 3 rings (SSSR count). The van der Waals surface area contributed by atoms with Crippen molar-refractivity contribution in [3.05, 3.63) is 87.5 Å². The molecular formula is C19H14F3N3O3. The van der Waals surface area contributed by atoms with Gasteiger partial charge in [-0.1, -0.05) is 18.2 Å². The normalized spacial score (nSPS) is 10.6. The van der Waals surface area contributed by atoms with Gasteiger partial charge < -0.3 is 10.1 Å². The number of rotatable bonds is 5. The van der Waals surface area contributed by atoms with Crippen LogP contribution in [0.3, 0.4) is 0 Å². The molecule has 0 unspecified atom stereocenters. The van der Waals surface area contributed by atoms with E-state index in [4.69, 9.17) is 4.74 Å². The average Bonchev–Trinajstić information content (AvgIpc) is 2.69. The quantitative estimate of drug-likeness (QED) is 0.728. The number of hydrogen-bond donors (Lipinski definition) is 1. The summed E-state index contributed by atoms with van der Waals surface area (Å²) in [6, 6.07) is 9.75. The van der Waals surface area contributed by atoms with Crippen LogP contribution in [-0.4, -0.2) is 22.8 Å². The molecule has 1 aromatic heterocycles. The van der Waals surface area contributed by atoms with Gasteiger partial charge >= 0.3 is 0 Å². The number of carbonyl (C=O) groups excluding carboxylic acids is 1. The number of benzene rings is 2. The van der Waals surface area contributed by atoms with E-state index >= 15 is 0 Å². The first kappa shape index (κ1) is 19.2. The second-order valence-electron chi connectivity index (χ2n) is 5.68. The Labute approximate surface area is 157 Å². The highest BCUT2D eigenvalue weighted by atomic mass is 19.2. The molecule has 0 aliphatic rings. The summed E-state index contributed by atoms with van der Waals surface area (Å²) in [5.41, 5.74) is -0.993. The fourth-order valence-electron chi connectivity index (χ4n) is 2.45. The number of halogens is 3. The Morgan fingerprint density at radius 1 is 1.07 bits per heavy atom. The van der Waals surface area contributed by atoms with Crippen molar-refractivity contribution in [3.8, 4) is 11.6 Å². The summed E-state index contributed by atoms with van der Waals surface area (Å²) < 4.78 is 46.4. The molecule has 0 aliphatic heterocycles. The minimum atomic E-state index is -1.13. The van der Waals surface area contributed by atoms with Crippen molar-refractivity contribution >= 4 is 5.91 Å². The summed E-state index contributed by atoms with van der Waals surface area (Å²) in [5.74, 6) is -3.64. The maximum absolute atomic E-state index is 13.7. The predicted molar refractivity (Wildman–Crippen MR) is 93.9 cm³/mol. The molecule has 0 fully saturated rings. The van der Waals surface area contributed by atoms with Crippen molar-refractivity contribution in [1.82, 2.24) is 15.1 Å². The number of hydrogen-bond acceptors (Lipinski definition) is 4. The van der Waals surface area contributed by atoms with Gasteiger partial charge in [0.2, 0.25) is 11.3 Å². The lowest BCUT2D eigenvalue weighted by Crippen LogP contribution is -2.31. The highest BCUT2D eigenvalue weighted by Gasteiger charge is 2.18. The Balaban J connectivity index is 1.95. The van der Waals surface area contributed by atoms with E-state index in [1.54, 1.807) is 6.07 Å². The molecule has 6 nitrogen and oxygen atoms in total. The van der Waals surface area contributed by atoms with E-state index in [-0.39, 0.29) is 23.7 Å². The van der Waals surface area contributed by atoms with Crippen molar-refractivity contribution in [2.45, 2.75) is 6.54 Å². The largest absolute Gasteiger partial charge is 0.481 e. The van der Waals surface area contributed by atoms with E-state index in [0.717, 1.165) is 22.9 Å². The minimum absolute atomic E-state index is 0.0407. The Morgan fingerprint density at radius 3 is 2.50 bits per heavy atom. The van der Waals surface area contributed by atoms with Gasteiger partial charge in [-0.3, -0.25) is 9.59 Å². The van der Waals surface area contributed by atoms with Crippen LogP contribution in [0.2, 0.25) is 0 Å². The minimum Gasteiger partial charge on any atom is -0.481 e. The fourth-order valence-corrected chi connectivity index (χ4v) is 2.45. The maximum atomic E-state index is 13.7. The van der Waals surface area contributed by atoms with Crippen LogP contribution in [0.1, 0.15) is 16.1 Å². The fraction of sp³-hybridized carbons (Fsp3) is 0.105. The lowest BCUT2D eigenvalue weighted by molar-refractivity contribution is 0.0942. The second kappa shape index (κ2) is 7.95. The van der Waals surface area contributed by atoms with Gasteiger partial charge in [0, 0.05) is 18.2 Å². The molecule has 1 N–H and O–H groups in total. The molecule has 2 aromatic carbocycles. The van der Waals surface area contributed by atoms with E-state index in [2.05, 4.69) is 10.4 Å². The number of nitrogens with one attached hydrogen (secondary N) is 1. The first-order chi connectivity index (χ1) is 13.4. The standard InChI is InChI=1S/C19H14F3N3O3/c1-28-17-9-16(26)18(19(27)23-10-11-4-2-3-5-13(11)20)24-25(17)12-6-7-14(21)15(22)8-12/h2-9H,10H2,1H3,(H,23,27). The van der Waals surface area contributed by atoms with Gasteiger partial charge in [-0.15, -0.1) is 0 Å². The number of amides is 1. The molecule has 28 heavy (non-hydrogen) atoms. The SMILES string of the molecule is COc1cc(=O)c(C(=O)NCc2ccccc2F)nn1-c1ccc(F)c(F)c1. The molecule has 0 spiro atoms. The van der Waals surface area contributed by atoms with Gasteiger partial charge in [0.25, 0.3) is 5.91 Å². The molecule has 0 saturated heterocycles. The van der Waals surface area contributed by atoms with E-state index in [1.165, 1.54) is 31.4 Å². The maximum Gasteiger partial charge on any atom is 0.276 e. The van der Waals surface area contributed by atoms with E-state index in [9.17, 15) is 22.8 Å². The van der Waals surface area contributed by atoms with Crippen LogP contribution in [0.5, 0.6) is 5.88 Å². The van der Waals surface area contributed by atoms with Crippen LogP contribution >= 0.6 is 0 Å². The smallest absolute Gasteiger partial charge is 0.276 e. The van der Waals surface area contributed by atoms with E-state index in [0.29, 0.717) is 0 Å². The van der Waals surface area contributed by atoms with Crippen LogP contribution in [0.4, 0.5) is 13.2 Å².